The normalized spacial score (nSPS) is 12.5. The molecule has 0 aliphatic heterocycles. The largest absolute Gasteiger partial charge is 0.507 e. The van der Waals surface area contributed by atoms with Crippen molar-refractivity contribution in [1.82, 2.24) is 5.32 Å². The molecule has 1 atom stereocenters. The van der Waals surface area contributed by atoms with Gasteiger partial charge in [0.15, 0.2) is 0 Å². The Morgan fingerprint density at radius 2 is 2.17 bits per heavy atom. The van der Waals surface area contributed by atoms with Crippen molar-refractivity contribution in [3.8, 4) is 5.75 Å². The number of phenolic OH excluding ortho intramolecular Hbond substituents is 1. The molecule has 0 saturated carbocycles. The molecule has 0 fully saturated rings. The van der Waals surface area contributed by atoms with Crippen LogP contribution in [0.15, 0.2) is 22.7 Å². The van der Waals surface area contributed by atoms with Crippen LogP contribution in [-0.2, 0) is 16.1 Å². The molecule has 0 aromatic heterocycles. The van der Waals surface area contributed by atoms with Crippen molar-refractivity contribution in [2.75, 3.05) is 7.11 Å². The molecule has 18 heavy (non-hydrogen) atoms. The minimum absolute atomic E-state index is 0.151. The van der Waals surface area contributed by atoms with Gasteiger partial charge in [0.2, 0.25) is 0 Å². The number of ether oxygens (including phenoxy) is 1. The van der Waals surface area contributed by atoms with Crippen LogP contribution in [0.3, 0.4) is 0 Å². The number of phenols is 1. The van der Waals surface area contributed by atoms with Crippen LogP contribution < -0.4 is 5.32 Å². The molecular weight excluding hydrogens is 298 g/mol. The molecule has 0 unspecified atom stereocenters. The summed E-state index contributed by atoms with van der Waals surface area (Å²) in [5.74, 6) is 0.0907. The van der Waals surface area contributed by atoms with Gasteiger partial charge in [0.05, 0.1) is 11.6 Å². The molecule has 100 valence electrons. The highest BCUT2D eigenvalue weighted by Crippen LogP contribution is 2.24. The summed E-state index contributed by atoms with van der Waals surface area (Å²) in [6.07, 6.45) is 0. The summed E-state index contributed by atoms with van der Waals surface area (Å²) in [4.78, 5) is 11.6. The maximum atomic E-state index is 11.6. The van der Waals surface area contributed by atoms with E-state index in [1.165, 1.54) is 7.11 Å². The Morgan fingerprint density at radius 1 is 1.50 bits per heavy atom. The van der Waals surface area contributed by atoms with Gasteiger partial charge in [-0.2, -0.15) is 0 Å². The molecule has 0 amide bonds. The van der Waals surface area contributed by atoms with E-state index < -0.39 is 0 Å². The van der Waals surface area contributed by atoms with Crippen LogP contribution >= 0.6 is 15.9 Å². The zero-order chi connectivity index (χ0) is 13.7. The Balaban J connectivity index is 2.67. The third-order valence-corrected chi connectivity index (χ3v) is 3.30. The highest BCUT2D eigenvalue weighted by molar-refractivity contribution is 9.10. The van der Waals surface area contributed by atoms with Crippen LogP contribution in [0, 0.1) is 5.92 Å². The number of hydrogen-bond donors (Lipinski definition) is 2. The Labute approximate surface area is 115 Å². The summed E-state index contributed by atoms with van der Waals surface area (Å²) in [6, 6.07) is 4.91. The zero-order valence-corrected chi connectivity index (χ0v) is 12.3. The van der Waals surface area contributed by atoms with Crippen molar-refractivity contribution in [2.24, 2.45) is 5.92 Å². The maximum absolute atomic E-state index is 11.6. The monoisotopic (exact) mass is 315 g/mol. The minimum Gasteiger partial charge on any atom is -0.507 e. The van der Waals surface area contributed by atoms with E-state index in [0.29, 0.717) is 11.0 Å². The third kappa shape index (κ3) is 3.99. The number of methoxy groups -OCH3 is 1. The van der Waals surface area contributed by atoms with Gasteiger partial charge in [-0.25, -0.2) is 0 Å². The van der Waals surface area contributed by atoms with E-state index in [1.807, 2.05) is 26.0 Å². The molecule has 5 heteroatoms. The van der Waals surface area contributed by atoms with Crippen LogP contribution in [0.5, 0.6) is 5.75 Å². The molecule has 0 radical (unpaired) electrons. The third-order valence-electron chi connectivity index (χ3n) is 2.66. The minimum atomic E-state index is -0.331. The first kappa shape index (κ1) is 15.0. The molecule has 1 aromatic carbocycles. The van der Waals surface area contributed by atoms with E-state index >= 15 is 0 Å². The molecule has 4 nitrogen and oxygen atoms in total. The lowest BCUT2D eigenvalue weighted by Crippen LogP contribution is -2.41. The molecule has 1 aromatic rings. The second-order valence-corrected chi connectivity index (χ2v) is 5.27. The lowest BCUT2D eigenvalue weighted by Gasteiger charge is -2.19. The predicted molar refractivity (Wildman–Crippen MR) is 73.3 cm³/mol. The van der Waals surface area contributed by atoms with Crippen LogP contribution in [-0.4, -0.2) is 24.2 Å². The highest BCUT2D eigenvalue weighted by atomic mass is 79.9. The quantitative estimate of drug-likeness (QED) is 0.819. The first-order valence-corrected chi connectivity index (χ1v) is 6.53. The zero-order valence-electron chi connectivity index (χ0n) is 10.7. The van der Waals surface area contributed by atoms with Crippen molar-refractivity contribution in [1.29, 1.82) is 0 Å². The number of rotatable bonds is 5. The summed E-state index contributed by atoms with van der Waals surface area (Å²) in [5.41, 5.74) is 0.981. The van der Waals surface area contributed by atoms with Crippen molar-refractivity contribution < 1.29 is 14.6 Å². The maximum Gasteiger partial charge on any atom is 0.323 e. The number of carbonyl (C=O) groups excluding carboxylic acids is 1. The van der Waals surface area contributed by atoms with E-state index in [2.05, 4.69) is 21.2 Å². The van der Waals surface area contributed by atoms with Gasteiger partial charge in [-0.1, -0.05) is 19.9 Å². The van der Waals surface area contributed by atoms with Gasteiger partial charge in [0, 0.05) is 6.54 Å². The lowest BCUT2D eigenvalue weighted by atomic mass is 10.0. The number of carbonyl (C=O) groups is 1. The Kier molecular flexibility index (Phi) is 5.62. The van der Waals surface area contributed by atoms with Crippen LogP contribution in [0.2, 0.25) is 0 Å². The number of benzene rings is 1. The van der Waals surface area contributed by atoms with Crippen LogP contribution in [0.4, 0.5) is 0 Å². The average molecular weight is 316 g/mol. The van der Waals surface area contributed by atoms with Crippen molar-refractivity contribution in [2.45, 2.75) is 26.4 Å². The predicted octanol–water partition coefficient (Wildman–Crippen LogP) is 2.44. The summed E-state index contributed by atoms with van der Waals surface area (Å²) in [5, 5.41) is 12.6. The van der Waals surface area contributed by atoms with E-state index in [9.17, 15) is 9.90 Å². The Hall–Kier alpha value is -1.07. The van der Waals surface area contributed by atoms with Crippen LogP contribution in [0.1, 0.15) is 19.4 Å². The van der Waals surface area contributed by atoms with Crippen LogP contribution in [0.25, 0.3) is 0 Å². The fourth-order valence-corrected chi connectivity index (χ4v) is 2.03. The van der Waals surface area contributed by atoms with E-state index in [4.69, 9.17) is 4.74 Å². The van der Waals surface area contributed by atoms with Crippen molar-refractivity contribution >= 4 is 21.9 Å². The van der Waals surface area contributed by atoms with E-state index in [0.717, 1.165) is 5.56 Å². The van der Waals surface area contributed by atoms with Gasteiger partial charge in [0.1, 0.15) is 11.8 Å². The van der Waals surface area contributed by atoms with Gasteiger partial charge in [-0.15, -0.1) is 0 Å². The Morgan fingerprint density at radius 3 is 2.67 bits per heavy atom. The fraction of sp³-hybridized carbons (Fsp3) is 0.462. The number of nitrogens with one attached hydrogen (secondary N) is 1. The standard InChI is InChI=1S/C13H18BrNO3/c1-8(2)12(13(17)18-3)15-7-9-4-5-11(16)10(14)6-9/h4-6,8,12,15-16H,7H2,1-3H3/t12-/m0/s1. The fourth-order valence-electron chi connectivity index (χ4n) is 1.61. The van der Waals surface area contributed by atoms with Gasteiger partial charge in [0.25, 0.3) is 0 Å². The summed E-state index contributed by atoms with van der Waals surface area (Å²) >= 11 is 3.26. The first-order valence-electron chi connectivity index (χ1n) is 5.74. The number of aromatic hydroxyl groups is 1. The topological polar surface area (TPSA) is 58.6 Å². The highest BCUT2D eigenvalue weighted by Gasteiger charge is 2.22. The molecule has 0 bridgehead atoms. The van der Waals surface area contributed by atoms with E-state index in [-0.39, 0.29) is 23.7 Å². The summed E-state index contributed by atoms with van der Waals surface area (Å²) in [6.45, 7) is 4.46. The molecule has 0 spiro atoms. The van der Waals surface area contributed by atoms with Gasteiger partial charge >= 0.3 is 5.97 Å². The average Bonchev–Trinajstić information content (AvgIpc) is 2.33. The molecule has 0 aliphatic rings. The molecule has 0 aliphatic carbocycles. The SMILES string of the molecule is COC(=O)[C@@H](NCc1ccc(O)c(Br)c1)C(C)C. The lowest BCUT2D eigenvalue weighted by molar-refractivity contribution is -0.144. The number of esters is 1. The molecule has 1 rings (SSSR count). The van der Waals surface area contributed by atoms with Crippen molar-refractivity contribution in [3.63, 3.8) is 0 Å². The summed E-state index contributed by atoms with van der Waals surface area (Å²) in [7, 11) is 1.39. The van der Waals surface area contributed by atoms with Gasteiger partial charge in [-0.05, 0) is 39.5 Å². The first-order chi connectivity index (χ1) is 8.45. The smallest absolute Gasteiger partial charge is 0.323 e. The molecule has 0 saturated heterocycles. The summed E-state index contributed by atoms with van der Waals surface area (Å²) < 4.78 is 5.39. The van der Waals surface area contributed by atoms with Gasteiger partial charge in [-0.3, -0.25) is 4.79 Å². The number of hydrogen-bond acceptors (Lipinski definition) is 4. The Bertz CT molecular complexity index is 421. The second-order valence-electron chi connectivity index (χ2n) is 4.41. The van der Waals surface area contributed by atoms with Gasteiger partial charge < -0.3 is 15.2 Å². The molecule has 2 N–H and O–H groups in total. The van der Waals surface area contributed by atoms with Crippen molar-refractivity contribution in [3.05, 3.63) is 28.2 Å². The molecular formula is C13H18BrNO3. The van der Waals surface area contributed by atoms with E-state index in [1.54, 1.807) is 6.07 Å². The number of halogens is 1. The second kappa shape index (κ2) is 6.75. The molecule has 0 heterocycles.